The van der Waals surface area contributed by atoms with Gasteiger partial charge in [-0.15, -0.1) is 0 Å². The van der Waals surface area contributed by atoms with Crippen molar-refractivity contribution in [3.8, 4) is 11.6 Å². The molecule has 1 heterocycles. The molecule has 3 rings (SSSR count). The first-order valence-electron chi connectivity index (χ1n) is 7.71. The van der Waals surface area contributed by atoms with Crippen molar-refractivity contribution in [3.63, 3.8) is 0 Å². The zero-order valence-electron chi connectivity index (χ0n) is 14.1. The summed E-state index contributed by atoms with van der Waals surface area (Å²) in [4.78, 5) is 18.9. The first kappa shape index (κ1) is 17.6. The lowest BCUT2D eigenvalue weighted by molar-refractivity contribution is -0.385. The minimum Gasteiger partial charge on any atom is -0.434 e. The van der Waals surface area contributed by atoms with E-state index in [1.165, 1.54) is 6.33 Å². The summed E-state index contributed by atoms with van der Waals surface area (Å²) in [6.07, 6.45) is 1.20. The van der Waals surface area contributed by atoms with Crippen molar-refractivity contribution < 1.29 is 9.66 Å². The topological polar surface area (TPSA) is 90.2 Å². The maximum absolute atomic E-state index is 11.6. The van der Waals surface area contributed by atoms with Crippen molar-refractivity contribution in [3.05, 3.63) is 75.1 Å². The van der Waals surface area contributed by atoms with Crippen molar-refractivity contribution in [2.45, 2.75) is 13.8 Å². The van der Waals surface area contributed by atoms with Crippen LogP contribution in [-0.4, -0.2) is 14.9 Å². The number of halogens is 1. The van der Waals surface area contributed by atoms with Crippen molar-refractivity contribution >= 4 is 28.8 Å². The van der Waals surface area contributed by atoms with E-state index in [1.807, 2.05) is 19.9 Å². The highest BCUT2D eigenvalue weighted by Gasteiger charge is 2.25. The third kappa shape index (κ3) is 3.89. The van der Waals surface area contributed by atoms with Crippen LogP contribution in [0.3, 0.4) is 0 Å². The first-order chi connectivity index (χ1) is 12.4. The van der Waals surface area contributed by atoms with Crippen LogP contribution >= 0.6 is 11.6 Å². The fourth-order valence-electron chi connectivity index (χ4n) is 2.49. The number of hydrogen-bond acceptors (Lipinski definition) is 6. The summed E-state index contributed by atoms with van der Waals surface area (Å²) >= 11 is 6.10. The molecule has 132 valence electrons. The van der Waals surface area contributed by atoms with Crippen LogP contribution in [0.5, 0.6) is 11.6 Å². The highest BCUT2D eigenvalue weighted by Crippen LogP contribution is 2.36. The molecule has 0 amide bonds. The number of nitro groups is 1. The molecule has 0 aliphatic rings. The maximum Gasteiger partial charge on any atom is 0.373 e. The molecule has 8 heteroatoms. The van der Waals surface area contributed by atoms with Crippen LogP contribution in [-0.2, 0) is 0 Å². The van der Waals surface area contributed by atoms with Crippen molar-refractivity contribution in [2.75, 3.05) is 5.32 Å². The minimum absolute atomic E-state index is 0.00234. The van der Waals surface area contributed by atoms with E-state index < -0.39 is 4.92 Å². The number of nitrogens with one attached hydrogen (secondary N) is 1. The Labute approximate surface area is 154 Å². The van der Waals surface area contributed by atoms with Gasteiger partial charge in [0.1, 0.15) is 12.1 Å². The van der Waals surface area contributed by atoms with Gasteiger partial charge in [-0.1, -0.05) is 29.8 Å². The summed E-state index contributed by atoms with van der Waals surface area (Å²) in [5.74, 6) is 0.315. The first-order valence-corrected chi connectivity index (χ1v) is 8.09. The standard InChI is InChI=1S/C18H15ClN4O3/c1-11-7-12(2)9-13(8-11)26-18-16(23(24)25)17(20-10-21-18)22-15-6-4-3-5-14(15)19/h3-10H,1-2H3,(H,20,21,22). The van der Waals surface area contributed by atoms with Crippen LogP contribution in [0.1, 0.15) is 11.1 Å². The van der Waals surface area contributed by atoms with Crippen LogP contribution < -0.4 is 10.1 Å². The van der Waals surface area contributed by atoms with Crippen LogP contribution in [0.15, 0.2) is 48.8 Å². The molecule has 0 saturated heterocycles. The van der Waals surface area contributed by atoms with Crippen molar-refractivity contribution in [1.29, 1.82) is 0 Å². The molecule has 1 N–H and O–H groups in total. The minimum atomic E-state index is -0.586. The van der Waals surface area contributed by atoms with E-state index in [9.17, 15) is 10.1 Å². The van der Waals surface area contributed by atoms with Gasteiger partial charge in [-0.25, -0.2) is 4.98 Å². The lowest BCUT2D eigenvalue weighted by Gasteiger charge is -2.11. The number of aryl methyl sites for hydroxylation is 2. The van der Waals surface area contributed by atoms with Crippen LogP contribution in [0.2, 0.25) is 5.02 Å². The third-order valence-electron chi connectivity index (χ3n) is 3.51. The number of aromatic nitrogens is 2. The summed E-state index contributed by atoms with van der Waals surface area (Å²) in [6, 6.07) is 12.4. The highest BCUT2D eigenvalue weighted by atomic mass is 35.5. The van der Waals surface area contributed by atoms with Gasteiger partial charge in [-0.3, -0.25) is 10.1 Å². The zero-order valence-corrected chi connectivity index (χ0v) is 14.8. The molecule has 0 fully saturated rings. The number of anilines is 2. The van der Waals surface area contributed by atoms with Gasteiger partial charge >= 0.3 is 11.6 Å². The van der Waals surface area contributed by atoms with Gasteiger partial charge in [-0.2, -0.15) is 4.98 Å². The zero-order chi connectivity index (χ0) is 18.7. The average Bonchev–Trinajstić information content (AvgIpc) is 2.56. The Morgan fingerprint density at radius 3 is 2.46 bits per heavy atom. The molecule has 0 radical (unpaired) electrons. The Bertz CT molecular complexity index is 958. The number of hydrogen-bond donors (Lipinski definition) is 1. The predicted octanol–water partition coefficient (Wildman–Crippen LogP) is 5.19. The van der Waals surface area contributed by atoms with E-state index in [2.05, 4.69) is 15.3 Å². The summed E-state index contributed by atoms with van der Waals surface area (Å²) in [5.41, 5.74) is 2.08. The van der Waals surface area contributed by atoms with Gasteiger partial charge in [0, 0.05) is 0 Å². The summed E-state index contributed by atoms with van der Waals surface area (Å²) < 4.78 is 5.68. The molecule has 2 aromatic carbocycles. The van der Waals surface area contributed by atoms with Gasteiger partial charge in [0.25, 0.3) is 0 Å². The second-order valence-electron chi connectivity index (χ2n) is 5.66. The normalized spacial score (nSPS) is 10.4. The summed E-state index contributed by atoms with van der Waals surface area (Å²) in [5, 5.41) is 14.9. The highest BCUT2D eigenvalue weighted by molar-refractivity contribution is 6.33. The molecule has 7 nitrogen and oxygen atoms in total. The molecule has 0 unspecified atom stereocenters. The summed E-state index contributed by atoms with van der Waals surface area (Å²) in [7, 11) is 0. The average molecular weight is 371 g/mol. The molecule has 0 atom stereocenters. The monoisotopic (exact) mass is 370 g/mol. The van der Waals surface area contributed by atoms with Gasteiger partial charge in [-0.05, 0) is 49.2 Å². The largest absolute Gasteiger partial charge is 0.434 e. The number of rotatable bonds is 5. The number of nitrogens with zero attached hydrogens (tertiary/aromatic N) is 3. The quantitative estimate of drug-likeness (QED) is 0.491. The third-order valence-corrected chi connectivity index (χ3v) is 3.84. The molecule has 0 aliphatic heterocycles. The van der Waals surface area contributed by atoms with Crippen molar-refractivity contribution in [1.82, 2.24) is 9.97 Å². The summed E-state index contributed by atoms with van der Waals surface area (Å²) in [6.45, 7) is 3.83. The van der Waals surface area contributed by atoms with E-state index in [-0.39, 0.29) is 17.4 Å². The van der Waals surface area contributed by atoms with Crippen LogP contribution in [0.25, 0.3) is 0 Å². The molecular formula is C18H15ClN4O3. The molecule has 0 bridgehead atoms. The van der Waals surface area contributed by atoms with Crippen molar-refractivity contribution in [2.24, 2.45) is 0 Å². The van der Waals surface area contributed by atoms with Gasteiger partial charge in [0.05, 0.1) is 15.6 Å². The SMILES string of the molecule is Cc1cc(C)cc(Oc2ncnc(Nc3ccccc3Cl)c2[N+](=O)[O-])c1. The maximum atomic E-state index is 11.6. The van der Waals surface area contributed by atoms with E-state index in [0.717, 1.165) is 11.1 Å². The Morgan fingerprint density at radius 1 is 1.12 bits per heavy atom. The number of ether oxygens (including phenoxy) is 1. The Hall–Kier alpha value is -3.19. The van der Waals surface area contributed by atoms with Gasteiger partial charge < -0.3 is 10.1 Å². The number of benzene rings is 2. The fraction of sp³-hybridized carbons (Fsp3) is 0.111. The predicted molar refractivity (Wildman–Crippen MR) is 99.4 cm³/mol. The van der Waals surface area contributed by atoms with Gasteiger partial charge in [0.15, 0.2) is 0 Å². The Balaban J connectivity index is 2.01. The lowest BCUT2D eigenvalue weighted by Crippen LogP contribution is -2.04. The van der Waals surface area contributed by atoms with E-state index in [4.69, 9.17) is 16.3 Å². The van der Waals surface area contributed by atoms with Gasteiger partial charge in [0.2, 0.25) is 5.82 Å². The molecule has 0 aliphatic carbocycles. The Kier molecular flexibility index (Phi) is 4.99. The van der Waals surface area contributed by atoms with E-state index in [1.54, 1.807) is 36.4 Å². The molecule has 3 aromatic rings. The van der Waals surface area contributed by atoms with E-state index >= 15 is 0 Å². The fourth-order valence-corrected chi connectivity index (χ4v) is 2.67. The van der Waals surface area contributed by atoms with Crippen LogP contribution in [0, 0.1) is 24.0 Å². The molecule has 26 heavy (non-hydrogen) atoms. The van der Waals surface area contributed by atoms with E-state index in [0.29, 0.717) is 16.5 Å². The molecular weight excluding hydrogens is 356 g/mol. The number of para-hydroxylation sites is 1. The molecule has 0 saturated carbocycles. The lowest BCUT2D eigenvalue weighted by atomic mass is 10.1. The molecule has 0 spiro atoms. The van der Waals surface area contributed by atoms with Crippen LogP contribution in [0.4, 0.5) is 17.2 Å². The smallest absolute Gasteiger partial charge is 0.373 e. The Morgan fingerprint density at radius 2 is 1.81 bits per heavy atom. The molecule has 1 aromatic heterocycles. The second-order valence-corrected chi connectivity index (χ2v) is 6.07. The second kappa shape index (κ2) is 7.37.